The van der Waals surface area contributed by atoms with Crippen molar-refractivity contribution in [1.82, 2.24) is 4.72 Å². The van der Waals surface area contributed by atoms with Crippen molar-refractivity contribution < 1.29 is 17.6 Å². The molecule has 0 aliphatic carbocycles. The molecule has 1 aliphatic heterocycles. The molecule has 2 heterocycles. The van der Waals surface area contributed by atoms with Crippen molar-refractivity contribution in [2.24, 2.45) is 0 Å². The van der Waals surface area contributed by atoms with Crippen molar-refractivity contribution in [3.05, 3.63) is 42.4 Å². The van der Waals surface area contributed by atoms with E-state index in [1.54, 1.807) is 42.3 Å². The van der Waals surface area contributed by atoms with Gasteiger partial charge in [-0.05, 0) is 30.3 Å². The van der Waals surface area contributed by atoms with Gasteiger partial charge in [-0.15, -0.1) is 11.8 Å². The van der Waals surface area contributed by atoms with E-state index >= 15 is 0 Å². The first kappa shape index (κ1) is 17.1. The summed E-state index contributed by atoms with van der Waals surface area (Å²) in [5.41, 5.74) is 0.545. The summed E-state index contributed by atoms with van der Waals surface area (Å²) < 4.78 is 32.6. The second-order valence-corrected chi connectivity index (χ2v) is 8.81. The van der Waals surface area contributed by atoms with E-state index < -0.39 is 10.0 Å². The number of rotatable bonds is 5. The van der Waals surface area contributed by atoms with Crippen molar-refractivity contribution >= 4 is 33.4 Å². The molecule has 1 aliphatic rings. The highest BCUT2D eigenvalue weighted by molar-refractivity contribution is 8.00. The second-order valence-electron chi connectivity index (χ2n) is 5.57. The number of anilines is 1. The minimum absolute atomic E-state index is 0.103. The maximum atomic E-state index is 12.4. The normalized spacial score (nSPS) is 17.9. The van der Waals surface area contributed by atoms with Gasteiger partial charge in [0.25, 0.3) is 0 Å². The molecule has 6 nitrogen and oxygen atoms in total. The third-order valence-electron chi connectivity index (χ3n) is 3.58. The Balaban J connectivity index is 1.75. The van der Waals surface area contributed by atoms with E-state index in [0.717, 1.165) is 10.7 Å². The van der Waals surface area contributed by atoms with Crippen LogP contribution >= 0.6 is 11.8 Å². The first-order chi connectivity index (χ1) is 11.4. The maximum Gasteiger partial charge on any atom is 0.240 e. The van der Waals surface area contributed by atoms with Crippen LogP contribution in [0.5, 0.6) is 0 Å². The maximum absolute atomic E-state index is 12.4. The van der Waals surface area contributed by atoms with Crippen LogP contribution in [0.3, 0.4) is 0 Å². The summed E-state index contributed by atoms with van der Waals surface area (Å²) in [5.74, 6) is 0.617. The fourth-order valence-electron chi connectivity index (χ4n) is 2.44. The van der Waals surface area contributed by atoms with Gasteiger partial charge in [-0.25, -0.2) is 13.1 Å². The summed E-state index contributed by atoms with van der Waals surface area (Å²) in [6.07, 6.45) is 2.43. The van der Waals surface area contributed by atoms with Crippen molar-refractivity contribution in [2.45, 2.75) is 34.8 Å². The molecule has 0 bridgehead atoms. The average molecular weight is 366 g/mol. The van der Waals surface area contributed by atoms with Gasteiger partial charge in [-0.2, -0.15) is 0 Å². The lowest BCUT2D eigenvalue weighted by Crippen LogP contribution is -2.26. The minimum Gasteiger partial charge on any atom is -0.469 e. The van der Waals surface area contributed by atoms with E-state index in [4.69, 9.17) is 4.42 Å². The van der Waals surface area contributed by atoms with Crippen LogP contribution in [-0.4, -0.2) is 26.1 Å². The molecule has 24 heavy (non-hydrogen) atoms. The molecule has 0 spiro atoms. The monoisotopic (exact) mass is 366 g/mol. The van der Waals surface area contributed by atoms with Gasteiger partial charge in [0.2, 0.25) is 15.9 Å². The third kappa shape index (κ3) is 4.00. The van der Waals surface area contributed by atoms with Gasteiger partial charge in [0.05, 0.1) is 16.8 Å². The minimum atomic E-state index is -3.64. The quantitative estimate of drug-likeness (QED) is 0.849. The largest absolute Gasteiger partial charge is 0.469 e. The molecule has 0 fully saturated rings. The van der Waals surface area contributed by atoms with Crippen LogP contribution in [0.4, 0.5) is 5.69 Å². The lowest BCUT2D eigenvalue weighted by molar-refractivity contribution is -0.116. The van der Waals surface area contributed by atoms with Crippen molar-refractivity contribution in [1.29, 1.82) is 0 Å². The molecule has 0 saturated heterocycles. The fourth-order valence-corrected chi connectivity index (χ4v) is 4.55. The Kier molecular flexibility index (Phi) is 4.98. The number of benzene rings is 1. The predicted octanol–water partition coefficient (Wildman–Crippen LogP) is 2.62. The molecule has 8 heteroatoms. The van der Waals surface area contributed by atoms with Crippen molar-refractivity contribution in [2.75, 3.05) is 11.9 Å². The number of hydrogen-bond donors (Lipinski definition) is 2. The molecule has 0 unspecified atom stereocenters. The lowest BCUT2D eigenvalue weighted by Gasteiger charge is -2.11. The summed E-state index contributed by atoms with van der Waals surface area (Å²) in [5, 5.41) is 2.93. The summed E-state index contributed by atoms with van der Waals surface area (Å²) in [7, 11) is -3.64. The molecular formula is C16H18N2O4S2. The number of hydrogen-bond acceptors (Lipinski definition) is 5. The number of carbonyl (C=O) groups is 1. The zero-order valence-electron chi connectivity index (χ0n) is 13.1. The summed E-state index contributed by atoms with van der Waals surface area (Å²) in [6.45, 7) is 2.21. The molecule has 0 radical (unpaired) electrons. The number of sulfonamides is 1. The van der Waals surface area contributed by atoms with Gasteiger partial charge in [0.15, 0.2) is 0 Å². The van der Waals surface area contributed by atoms with E-state index in [1.807, 2.05) is 6.92 Å². The van der Waals surface area contributed by atoms with Crippen LogP contribution in [0.15, 0.2) is 50.8 Å². The first-order valence-corrected chi connectivity index (χ1v) is 9.93. The fraction of sp³-hybridized carbons (Fsp3) is 0.312. The van der Waals surface area contributed by atoms with Gasteiger partial charge in [-0.3, -0.25) is 4.79 Å². The summed E-state index contributed by atoms with van der Waals surface area (Å²) in [6, 6.07) is 8.37. The van der Waals surface area contributed by atoms with Gasteiger partial charge in [0, 0.05) is 29.5 Å². The Hall–Kier alpha value is -1.77. The molecule has 0 saturated carbocycles. The molecule has 1 amide bonds. The van der Waals surface area contributed by atoms with Crippen LogP contribution < -0.4 is 10.0 Å². The van der Waals surface area contributed by atoms with Gasteiger partial charge < -0.3 is 9.73 Å². The molecule has 1 atom stereocenters. The first-order valence-electron chi connectivity index (χ1n) is 7.56. The highest BCUT2D eigenvalue weighted by Gasteiger charge is 2.22. The number of carbonyl (C=O) groups excluding carboxylic acids is 1. The third-order valence-corrected chi connectivity index (χ3v) is 6.22. The summed E-state index contributed by atoms with van der Waals surface area (Å²) >= 11 is 1.56. The Labute approximate surface area is 145 Å². The van der Waals surface area contributed by atoms with E-state index in [-0.39, 0.29) is 22.6 Å². The molecular weight excluding hydrogens is 348 g/mol. The van der Waals surface area contributed by atoms with E-state index in [0.29, 0.717) is 18.5 Å². The van der Waals surface area contributed by atoms with Gasteiger partial charge in [-0.1, -0.05) is 6.92 Å². The second kappa shape index (κ2) is 7.00. The average Bonchev–Trinajstić information content (AvgIpc) is 2.96. The molecule has 2 N–H and O–H groups in total. The predicted molar refractivity (Wildman–Crippen MR) is 92.6 cm³/mol. The van der Waals surface area contributed by atoms with Crippen LogP contribution in [-0.2, 0) is 21.2 Å². The highest BCUT2D eigenvalue weighted by Crippen LogP contribution is 2.36. The number of nitrogens with one attached hydrogen (secondary N) is 2. The van der Waals surface area contributed by atoms with Crippen LogP contribution in [0.2, 0.25) is 0 Å². The summed E-state index contributed by atoms with van der Waals surface area (Å²) in [4.78, 5) is 12.8. The van der Waals surface area contributed by atoms with Gasteiger partial charge >= 0.3 is 0 Å². The molecule has 1 aromatic carbocycles. The van der Waals surface area contributed by atoms with E-state index in [1.165, 1.54) is 6.07 Å². The van der Waals surface area contributed by atoms with Gasteiger partial charge in [0.1, 0.15) is 5.76 Å². The zero-order chi connectivity index (χ0) is 17.2. The van der Waals surface area contributed by atoms with Crippen molar-refractivity contribution in [3.63, 3.8) is 0 Å². The standard InChI is InChI=1S/C16H18N2O4S2/c1-11-9-16(19)18-14-10-13(4-5-15(14)23-11)24(20,21)17-7-6-12-3-2-8-22-12/h2-5,8,10-11,17H,6-7,9H2,1H3,(H,18,19)/t11-/m1/s1. The van der Waals surface area contributed by atoms with E-state index in [2.05, 4.69) is 10.0 Å². The number of fused-ring (bicyclic) bond motifs is 1. The molecule has 1 aromatic heterocycles. The van der Waals surface area contributed by atoms with Crippen LogP contribution in [0.25, 0.3) is 0 Å². The van der Waals surface area contributed by atoms with Crippen LogP contribution in [0, 0.1) is 0 Å². The Morgan fingerprint density at radius 2 is 2.21 bits per heavy atom. The number of amides is 1. The number of furan rings is 1. The van der Waals surface area contributed by atoms with Crippen molar-refractivity contribution in [3.8, 4) is 0 Å². The molecule has 128 valence electrons. The number of thioether (sulfide) groups is 1. The highest BCUT2D eigenvalue weighted by atomic mass is 32.2. The lowest BCUT2D eigenvalue weighted by atomic mass is 10.3. The van der Waals surface area contributed by atoms with Crippen LogP contribution in [0.1, 0.15) is 19.1 Å². The SMILES string of the molecule is C[C@@H]1CC(=O)Nc2cc(S(=O)(=O)NCCc3ccco3)ccc2S1. The Morgan fingerprint density at radius 3 is 2.96 bits per heavy atom. The zero-order valence-corrected chi connectivity index (χ0v) is 14.7. The Morgan fingerprint density at radius 1 is 1.38 bits per heavy atom. The van der Waals surface area contributed by atoms with E-state index in [9.17, 15) is 13.2 Å². The smallest absolute Gasteiger partial charge is 0.240 e. The topological polar surface area (TPSA) is 88.4 Å². The Bertz CT molecular complexity index is 832. The molecule has 2 aromatic rings. The molecule has 3 rings (SSSR count).